The molecule has 0 bridgehead atoms. The van der Waals surface area contributed by atoms with E-state index in [9.17, 15) is 4.79 Å². The summed E-state index contributed by atoms with van der Waals surface area (Å²) >= 11 is 0. The molecule has 1 aromatic carbocycles. The van der Waals surface area contributed by atoms with E-state index < -0.39 is 6.10 Å². The van der Waals surface area contributed by atoms with E-state index in [4.69, 9.17) is 9.47 Å². The summed E-state index contributed by atoms with van der Waals surface area (Å²) in [6, 6.07) is 7.29. The van der Waals surface area contributed by atoms with Gasteiger partial charge >= 0.3 is 0 Å². The minimum Gasteiger partial charge on any atom is -0.482 e. The third-order valence-corrected chi connectivity index (χ3v) is 2.87. The molecule has 19 heavy (non-hydrogen) atoms. The van der Waals surface area contributed by atoms with Crippen LogP contribution in [0.1, 0.15) is 6.92 Å². The Kier molecular flexibility index (Phi) is 2.83. The lowest BCUT2D eigenvalue weighted by atomic mass is 10.1. The second kappa shape index (κ2) is 4.64. The second-order valence-electron chi connectivity index (χ2n) is 4.28. The van der Waals surface area contributed by atoms with E-state index >= 15 is 0 Å². The molecule has 98 valence electrons. The first kappa shape index (κ1) is 11.6. The molecule has 0 fully saturated rings. The van der Waals surface area contributed by atoms with Crippen LogP contribution in [-0.2, 0) is 4.79 Å². The molecule has 0 spiro atoms. The number of anilines is 1. The third-order valence-electron chi connectivity index (χ3n) is 2.87. The highest BCUT2D eigenvalue weighted by Crippen LogP contribution is 2.33. The minimum absolute atomic E-state index is 0.261. The molecule has 2 heterocycles. The first-order chi connectivity index (χ1) is 9.24. The van der Waals surface area contributed by atoms with Crippen molar-refractivity contribution >= 4 is 11.6 Å². The fourth-order valence-electron chi connectivity index (χ4n) is 1.94. The van der Waals surface area contributed by atoms with Crippen LogP contribution in [0.15, 0.2) is 36.7 Å². The van der Waals surface area contributed by atoms with E-state index in [1.807, 2.05) is 18.2 Å². The highest BCUT2D eigenvalue weighted by atomic mass is 16.6. The maximum Gasteiger partial charge on any atom is 0.269 e. The average molecular weight is 259 g/mol. The molecule has 0 radical (unpaired) electrons. The number of rotatable bonds is 2. The first-order valence-corrected chi connectivity index (χ1v) is 5.96. The number of amides is 1. The van der Waals surface area contributed by atoms with E-state index in [0.717, 1.165) is 0 Å². The van der Waals surface area contributed by atoms with Crippen molar-refractivity contribution in [3.05, 3.63) is 36.7 Å². The monoisotopic (exact) mass is 259 g/mol. The summed E-state index contributed by atoms with van der Waals surface area (Å²) in [4.78, 5) is 12.1. The standard InChI is InChI=1S/C13H13N3O3/c1-8-12(13(17)16-9-6-14-15-7-9)19-11-5-3-2-4-10(11)18-8/h2-8,12H,1H3,(H,14,15)(H,16,17). The number of para-hydroxylation sites is 2. The Balaban J connectivity index is 1.77. The highest BCUT2D eigenvalue weighted by Gasteiger charge is 2.34. The molecule has 1 aliphatic rings. The smallest absolute Gasteiger partial charge is 0.269 e. The summed E-state index contributed by atoms with van der Waals surface area (Å²) in [5.74, 6) is 0.971. The highest BCUT2D eigenvalue weighted by molar-refractivity contribution is 5.94. The van der Waals surface area contributed by atoms with Crippen LogP contribution in [0.3, 0.4) is 0 Å². The van der Waals surface area contributed by atoms with Gasteiger partial charge in [-0.25, -0.2) is 0 Å². The van der Waals surface area contributed by atoms with Crippen LogP contribution in [0.2, 0.25) is 0 Å². The van der Waals surface area contributed by atoms with Crippen LogP contribution in [0.25, 0.3) is 0 Å². The number of benzene rings is 1. The average Bonchev–Trinajstić information content (AvgIpc) is 2.90. The number of hydrogen-bond donors (Lipinski definition) is 2. The Morgan fingerprint density at radius 3 is 2.74 bits per heavy atom. The summed E-state index contributed by atoms with van der Waals surface area (Å²) in [5.41, 5.74) is 0.597. The van der Waals surface area contributed by atoms with Crippen molar-refractivity contribution in [2.75, 3.05) is 5.32 Å². The van der Waals surface area contributed by atoms with Crippen LogP contribution in [0, 0.1) is 0 Å². The lowest BCUT2D eigenvalue weighted by molar-refractivity contribution is -0.128. The van der Waals surface area contributed by atoms with Gasteiger partial charge in [0.05, 0.1) is 11.9 Å². The molecule has 6 heteroatoms. The number of carbonyl (C=O) groups is 1. The lowest BCUT2D eigenvalue weighted by Crippen LogP contribution is -2.46. The summed E-state index contributed by atoms with van der Waals surface area (Å²) in [6.07, 6.45) is 2.08. The number of carbonyl (C=O) groups excluding carboxylic acids is 1. The molecule has 1 amide bonds. The Morgan fingerprint density at radius 2 is 2.05 bits per heavy atom. The molecule has 0 saturated carbocycles. The predicted octanol–water partition coefficient (Wildman–Crippen LogP) is 1.58. The van der Waals surface area contributed by atoms with Gasteiger partial charge in [-0.15, -0.1) is 0 Å². The number of nitrogens with zero attached hydrogens (tertiary/aromatic N) is 1. The summed E-state index contributed by atoms with van der Waals surface area (Å²) in [5, 5.41) is 9.11. The molecular weight excluding hydrogens is 246 g/mol. The summed E-state index contributed by atoms with van der Waals surface area (Å²) < 4.78 is 11.4. The largest absolute Gasteiger partial charge is 0.482 e. The quantitative estimate of drug-likeness (QED) is 0.858. The van der Waals surface area contributed by atoms with Crippen molar-refractivity contribution in [2.45, 2.75) is 19.1 Å². The molecule has 2 N–H and O–H groups in total. The first-order valence-electron chi connectivity index (χ1n) is 5.96. The van der Waals surface area contributed by atoms with Crippen molar-refractivity contribution in [3.8, 4) is 11.5 Å². The Bertz CT molecular complexity index is 583. The molecule has 1 aliphatic heterocycles. The van der Waals surface area contributed by atoms with Crippen LogP contribution < -0.4 is 14.8 Å². The molecule has 1 aromatic heterocycles. The van der Waals surface area contributed by atoms with Crippen LogP contribution in [0.4, 0.5) is 5.69 Å². The van der Waals surface area contributed by atoms with E-state index in [1.54, 1.807) is 19.2 Å². The number of hydrogen-bond acceptors (Lipinski definition) is 4. The molecule has 2 aromatic rings. The van der Waals surface area contributed by atoms with Gasteiger partial charge in [0.25, 0.3) is 5.91 Å². The SMILES string of the molecule is CC1Oc2ccccc2OC1C(=O)Nc1cn[nH]c1. The van der Waals surface area contributed by atoms with Gasteiger partial charge in [0.1, 0.15) is 6.10 Å². The number of ether oxygens (including phenoxy) is 2. The Labute approximate surface area is 109 Å². The number of aromatic nitrogens is 2. The van der Waals surface area contributed by atoms with Gasteiger partial charge in [-0.1, -0.05) is 12.1 Å². The fraction of sp³-hybridized carbons (Fsp3) is 0.231. The van der Waals surface area contributed by atoms with Gasteiger partial charge < -0.3 is 14.8 Å². The van der Waals surface area contributed by atoms with Gasteiger partial charge in [-0.3, -0.25) is 9.89 Å². The van der Waals surface area contributed by atoms with Crippen molar-refractivity contribution in [2.24, 2.45) is 0 Å². The van der Waals surface area contributed by atoms with E-state index in [1.165, 1.54) is 6.20 Å². The van der Waals surface area contributed by atoms with Gasteiger partial charge in [-0.05, 0) is 19.1 Å². The van der Waals surface area contributed by atoms with Crippen molar-refractivity contribution in [1.29, 1.82) is 0 Å². The van der Waals surface area contributed by atoms with E-state index in [2.05, 4.69) is 15.5 Å². The second-order valence-corrected chi connectivity index (χ2v) is 4.28. The zero-order valence-corrected chi connectivity index (χ0v) is 10.3. The van der Waals surface area contributed by atoms with Crippen LogP contribution in [0.5, 0.6) is 11.5 Å². The Morgan fingerprint density at radius 1 is 1.32 bits per heavy atom. The molecule has 2 atom stereocenters. The van der Waals surface area contributed by atoms with Gasteiger partial charge in [0.15, 0.2) is 11.5 Å². The molecule has 0 saturated heterocycles. The van der Waals surface area contributed by atoms with Crippen molar-refractivity contribution in [3.63, 3.8) is 0 Å². The van der Waals surface area contributed by atoms with E-state index in [-0.39, 0.29) is 12.0 Å². The zero-order chi connectivity index (χ0) is 13.2. The molecule has 3 rings (SSSR count). The molecule has 2 unspecified atom stereocenters. The van der Waals surface area contributed by atoms with Crippen LogP contribution in [-0.4, -0.2) is 28.3 Å². The predicted molar refractivity (Wildman–Crippen MR) is 68.2 cm³/mol. The minimum atomic E-state index is -0.690. The lowest BCUT2D eigenvalue weighted by Gasteiger charge is -2.30. The van der Waals surface area contributed by atoms with Crippen molar-refractivity contribution in [1.82, 2.24) is 10.2 Å². The summed E-state index contributed by atoms with van der Waals surface area (Å²) in [6.45, 7) is 1.80. The Hall–Kier alpha value is -2.50. The number of fused-ring (bicyclic) bond motifs is 1. The van der Waals surface area contributed by atoms with Gasteiger partial charge in [0.2, 0.25) is 6.10 Å². The number of H-pyrrole nitrogens is 1. The van der Waals surface area contributed by atoms with E-state index in [0.29, 0.717) is 17.2 Å². The molecular formula is C13H13N3O3. The molecule has 6 nitrogen and oxygen atoms in total. The number of nitrogens with one attached hydrogen (secondary N) is 2. The number of aromatic amines is 1. The summed E-state index contributed by atoms with van der Waals surface area (Å²) in [7, 11) is 0. The van der Waals surface area contributed by atoms with Gasteiger partial charge in [0, 0.05) is 6.20 Å². The van der Waals surface area contributed by atoms with Crippen molar-refractivity contribution < 1.29 is 14.3 Å². The zero-order valence-electron chi connectivity index (χ0n) is 10.3. The fourth-order valence-corrected chi connectivity index (χ4v) is 1.94. The third kappa shape index (κ3) is 2.24. The van der Waals surface area contributed by atoms with Crippen LogP contribution >= 0.6 is 0 Å². The maximum atomic E-state index is 12.1. The maximum absolute atomic E-state index is 12.1. The molecule has 0 aliphatic carbocycles. The van der Waals surface area contributed by atoms with Gasteiger partial charge in [-0.2, -0.15) is 5.10 Å². The topological polar surface area (TPSA) is 76.2 Å². The normalized spacial score (nSPS) is 20.9.